The number of carbonyl (C=O) groups is 1. The number of likely N-dealkylation sites (tertiary alicyclic amines) is 1. The minimum absolute atomic E-state index is 0.0917. The van der Waals surface area contributed by atoms with Crippen molar-refractivity contribution in [3.8, 4) is 0 Å². The molecule has 2 fully saturated rings. The van der Waals surface area contributed by atoms with Gasteiger partial charge in [0.25, 0.3) is 0 Å². The van der Waals surface area contributed by atoms with E-state index in [-0.39, 0.29) is 6.03 Å². The van der Waals surface area contributed by atoms with Gasteiger partial charge in [-0.25, -0.2) is 4.79 Å². The summed E-state index contributed by atoms with van der Waals surface area (Å²) in [7, 11) is 4.18. The van der Waals surface area contributed by atoms with Crippen LogP contribution in [0, 0.1) is 5.92 Å². The van der Waals surface area contributed by atoms with Gasteiger partial charge in [0.15, 0.2) is 0 Å². The van der Waals surface area contributed by atoms with Crippen LogP contribution in [0.1, 0.15) is 20.3 Å². The molecule has 0 aromatic heterocycles. The smallest absolute Gasteiger partial charge is 0.317 e. The van der Waals surface area contributed by atoms with E-state index in [0.717, 1.165) is 45.8 Å². The van der Waals surface area contributed by atoms with Crippen LogP contribution in [0.25, 0.3) is 0 Å². The molecule has 22 heavy (non-hydrogen) atoms. The maximum Gasteiger partial charge on any atom is 0.317 e. The number of rotatable bonds is 5. The van der Waals surface area contributed by atoms with Crippen LogP contribution < -0.4 is 5.32 Å². The summed E-state index contributed by atoms with van der Waals surface area (Å²) in [5, 5.41) is 3.11. The fourth-order valence-corrected chi connectivity index (χ4v) is 3.54. The Labute approximate surface area is 134 Å². The molecule has 2 rings (SSSR count). The third-order valence-electron chi connectivity index (χ3n) is 4.73. The molecule has 0 aromatic rings. The Hall–Kier alpha value is -0.850. The first-order valence-electron chi connectivity index (χ1n) is 8.48. The van der Waals surface area contributed by atoms with Crippen molar-refractivity contribution in [2.45, 2.75) is 32.4 Å². The molecular formula is C16H32N4O2. The normalized spacial score (nSPS) is 28.1. The van der Waals surface area contributed by atoms with Crippen LogP contribution in [0.15, 0.2) is 0 Å². The van der Waals surface area contributed by atoms with E-state index in [1.54, 1.807) is 0 Å². The highest BCUT2D eigenvalue weighted by Gasteiger charge is 2.28. The number of hydrogen-bond acceptors (Lipinski definition) is 4. The van der Waals surface area contributed by atoms with Gasteiger partial charge in [0.2, 0.25) is 0 Å². The predicted octanol–water partition coefficient (Wildman–Crippen LogP) is 0.689. The number of carbonyl (C=O) groups excluding carboxylic acids is 1. The van der Waals surface area contributed by atoms with Gasteiger partial charge in [-0.15, -0.1) is 0 Å². The summed E-state index contributed by atoms with van der Waals surface area (Å²) in [5.74, 6) is 0.609. The topological polar surface area (TPSA) is 48.1 Å². The zero-order chi connectivity index (χ0) is 16.1. The van der Waals surface area contributed by atoms with Crippen LogP contribution >= 0.6 is 0 Å². The van der Waals surface area contributed by atoms with Crippen LogP contribution in [-0.4, -0.2) is 92.8 Å². The second-order valence-corrected chi connectivity index (χ2v) is 7.06. The Kier molecular flexibility index (Phi) is 6.47. The largest absolute Gasteiger partial charge is 0.379 e. The zero-order valence-corrected chi connectivity index (χ0v) is 14.5. The molecule has 6 nitrogen and oxygen atoms in total. The van der Waals surface area contributed by atoms with Crippen LogP contribution in [-0.2, 0) is 4.74 Å². The van der Waals surface area contributed by atoms with Gasteiger partial charge < -0.3 is 19.9 Å². The number of ether oxygens (including phenoxy) is 1. The highest BCUT2D eigenvalue weighted by atomic mass is 16.5. The average Bonchev–Trinajstić information content (AvgIpc) is 2.92. The van der Waals surface area contributed by atoms with E-state index in [2.05, 4.69) is 43.1 Å². The number of urea groups is 1. The lowest BCUT2D eigenvalue weighted by Gasteiger charge is -2.38. The van der Waals surface area contributed by atoms with Gasteiger partial charge in [0, 0.05) is 44.8 Å². The van der Waals surface area contributed by atoms with Crippen molar-refractivity contribution in [3.05, 3.63) is 0 Å². The van der Waals surface area contributed by atoms with E-state index in [1.165, 1.54) is 0 Å². The van der Waals surface area contributed by atoms with E-state index in [4.69, 9.17) is 4.74 Å². The highest BCUT2D eigenvalue weighted by Crippen LogP contribution is 2.17. The van der Waals surface area contributed by atoms with Gasteiger partial charge in [-0.3, -0.25) is 4.90 Å². The van der Waals surface area contributed by atoms with Gasteiger partial charge in [0.1, 0.15) is 0 Å². The van der Waals surface area contributed by atoms with Crippen LogP contribution in [0.4, 0.5) is 4.79 Å². The van der Waals surface area contributed by atoms with Crippen molar-refractivity contribution in [1.82, 2.24) is 20.0 Å². The molecule has 0 spiro atoms. The summed E-state index contributed by atoms with van der Waals surface area (Å²) < 4.78 is 5.47. The summed E-state index contributed by atoms with van der Waals surface area (Å²) in [4.78, 5) is 18.9. The van der Waals surface area contributed by atoms with Crippen molar-refractivity contribution in [2.75, 3.05) is 60.0 Å². The van der Waals surface area contributed by atoms with Gasteiger partial charge in [-0.05, 0) is 40.3 Å². The van der Waals surface area contributed by atoms with Crippen molar-refractivity contribution in [3.63, 3.8) is 0 Å². The van der Waals surface area contributed by atoms with Crippen LogP contribution in [0.3, 0.4) is 0 Å². The number of amides is 2. The van der Waals surface area contributed by atoms with Gasteiger partial charge >= 0.3 is 6.03 Å². The molecule has 2 amide bonds. The molecule has 2 aliphatic heterocycles. The van der Waals surface area contributed by atoms with E-state index in [1.807, 2.05) is 4.90 Å². The number of morpholine rings is 1. The molecule has 128 valence electrons. The summed E-state index contributed by atoms with van der Waals surface area (Å²) in [6.45, 7) is 10.4. The second kappa shape index (κ2) is 8.13. The number of nitrogens with one attached hydrogen (secondary N) is 1. The standard InChI is InChI=1S/C16H32N4O2/c1-13(20-7-8-22-12-14(20)2)9-17-16(21)19-6-5-15(11-19)10-18(3)4/h13-15H,5-12H2,1-4H3,(H,17,21)/t13-,14+,15-/m1/s1. The number of nitrogens with zero attached hydrogens (tertiary/aromatic N) is 3. The fraction of sp³-hybridized carbons (Fsp3) is 0.938. The van der Waals surface area contributed by atoms with Gasteiger partial charge in [-0.1, -0.05) is 0 Å². The summed E-state index contributed by atoms with van der Waals surface area (Å²) in [5.41, 5.74) is 0. The van der Waals surface area contributed by atoms with E-state index >= 15 is 0 Å². The Morgan fingerprint density at radius 1 is 1.41 bits per heavy atom. The highest BCUT2D eigenvalue weighted by molar-refractivity contribution is 5.74. The van der Waals surface area contributed by atoms with E-state index in [0.29, 0.717) is 24.5 Å². The minimum atomic E-state index is 0.0917. The molecule has 2 aliphatic rings. The maximum atomic E-state index is 12.3. The molecule has 6 heteroatoms. The fourth-order valence-electron chi connectivity index (χ4n) is 3.54. The number of hydrogen-bond donors (Lipinski definition) is 1. The molecule has 2 saturated heterocycles. The molecule has 2 heterocycles. The Balaban J connectivity index is 1.71. The lowest BCUT2D eigenvalue weighted by Crippen LogP contribution is -2.53. The molecule has 0 aromatic carbocycles. The van der Waals surface area contributed by atoms with Crippen molar-refractivity contribution in [2.24, 2.45) is 5.92 Å². The van der Waals surface area contributed by atoms with Gasteiger partial charge in [-0.2, -0.15) is 0 Å². The van der Waals surface area contributed by atoms with Crippen molar-refractivity contribution < 1.29 is 9.53 Å². The third kappa shape index (κ3) is 4.83. The minimum Gasteiger partial charge on any atom is -0.379 e. The van der Waals surface area contributed by atoms with Crippen LogP contribution in [0.2, 0.25) is 0 Å². The molecular weight excluding hydrogens is 280 g/mol. The quantitative estimate of drug-likeness (QED) is 0.811. The Bertz CT molecular complexity index is 364. The SMILES string of the molecule is C[C@H](CNC(=O)N1CC[C@H](CN(C)C)C1)N1CCOC[C@@H]1C. The van der Waals surface area contributed by atoms with Crippen molar-refractivity contribution in [1.29, 1.82) is 0 Å². The summed E-state index contributed by atoms with van der Waals surface area (Å²) in [6.07, 6.45) is 1.11. The molecule has 1 N–H and O–H groups in total. The lowest BCUT2D eigenvalue weighted by atomic mass is 10.1. The Morgan fingerprint density at radius 3 is 2.86 bits per heavy atom. The molecule has 0 aliphatic carbocycles. The Morgan fingerprint density at radius 2 is 2.18 bits per heavy atom. The first-order chi connectivity index (χ1) is 10.5. The molecule has 3 atom stereocenters. The summed E-state index contributed by atoms with van der Waals surface area (Å²) in [6, 6.07) is 0.869. The first-order valence-corrected chi connectivity index (χ1v) is 8.48. The zero-order valence-electron chi connectivity index (χ0n) is 14.5. The molecule has 0 unspecified atom stereocenters. The predicted molar refractivity (Wildman–Crippen MR) is 88.1 cm³/mol. The second-order valence-electron chi connectivity index (χ2n) is 7.06. The monoisotopic (exact) mass is 312 g/mol. The van der Waals surface area contributed by atoms with Gasteiger partial charge in [0.05, 0.1) is 13.2 Å². The lowest BCUT2D eigenvalue weighted by molar-refractivity contribution is -0.0177. The van der Waals surface area contributed by atoms with Crippen LogP contribution in [0.5, 0.6) is 0 Å². The summed E-state index contributed by atoms with van der Waals surface area (Å²) >= 11 is 0. The average molecular weight is 312 g/mol. The van der Waals surface area contributed by atoms with E-state index < -0.39 is 0 Å². The molecule has 0 bridgehead atoms. The molecule has 0 radical (unpaired) electrons. The first kappa shape index (κ1) is 17.5. The maximum absolute atomic E-state index is 12.3. The third-order valence-corrected chi connectivity index (χ3v) is 4.73. The van der Waals surface area contributed by atoms with E-state index in [9.17, 15) is 4.79 Å². The van der Waals surface area contributed by atoms with Crippen molar-refractivity contribution >= 4 is 6.03 Å². The molecule has 0 saturated carbocycles.